The molecule has 1 N–H and O–H groups in total. The number of aromatic nitrogens is 2. The van der Waals surface area contributed by atoms with Gasteiger partial charge in [-0.3, -0.25) is 4.79 Å². The van der Waals surface area contributed by atoms with E-state index in [2.05, 4.69) is 43.3 Å². The monoisotopic (exact) mass is 449 g/mol. The van der Waals surface area contributed by atoms with Crippen molar-refractivity contribution >= 4 is 33.6 Å². The van der Waals surface area contributed by atoms with Crippen molar-refractivity contribution in [2.24, 2.45) is 0 Å². The molecule has 1 aromatic carbocycles. The Labute approximate surface area is 172 Å². The van der Waals surface area contributed by atoms with Crippen molar-refractivity contribution in [1.29, 1.82) is 0 Å². The van der Waals surface area contributed by atoms with Crippen LogP contribution in [0.2, 0.25) is 0 Å². The highest BCUT2D eigenvalue weighted by Crippen LogP contribution is 2.35. The predicted octanol–water partition coefficient (Wildman–Crippen LogP) is 3.81. The summed E-state index contributed by atoms with van der Waals surface area (Å²) in [6.07, 6.45) is 1.80. The lowest BCUT2D eigenvalue weighted by molar-refractivity contribution is -0.119. The average Bonchev–Trinajstić information content (AvgIpc) is 2.65. The molecule has 2 heterocycles. The average molecular weight is 450 g/mol. The number of halogens is 1. The van der Waals surface area contributed by atoms with Crippen molar-refractivity contribution in [2.45, 2.75) is 37.3 Å². The minimum Gasteiger partial charge on any atom is -0.381 e. The van der Waals surface area contributed by atoms with Crippen molar-refractivity contribution in [2.75, 3.05) is 25.5 Å². The number of ether oxygens (including phenoxy) is 1. The lowest BCUT2D eigenvalue weighted by Crippen LogP contribution is -2.45. The molecule has 3 rings (SSSR count). The summed E-state index contributed by atoms with van der Waals surface area (Å²) in [7, 11) is 0. The van der Waals surface area contributed by atoms with Crippen LogP contribution >= 0.6 is 27.7 Å². The Kier molecular flexibility index (Phi) is 6.89. The molecular weight excluding hydrogens is 426 g/mol. The number of hydrogen-bond acceptors (Lipinski definition) is 5. The highest BCUT2D eigenvalue weighted by molar-refractivity contribution is 9.10. The van der Waals surface area contributed by atoms with E-state index in [9.17, 15) is 4.79 Å². The Bertz CT molecular complexity index is 789. The van der Waals surface area contributed by atoms with Crippen molar-refractivity contribution in [3.63, 3.8) is 0 Å². The molecule has 2 aromatic rings. The van der Waals surface area contributed by atoms with Crippen LogP contribution in [0.25, 0.3) is 0 Å². The van der Waals surface area contributed by atoms with Gasteiger partial charge in [-0.15, -0.1) is 0 Å². The second-order valence-corrected chi connectivity index (χ2v) is 8.76. The summed E-state index contributed by atoms with van der Waals surface area (Å²) in [4.78, 5) is 21.2. The second kappa shape index (κ2) is 9.17. The Hall–Kier alpha value is -1.44. The molecule has 1 amide bonds. The fraction of sp³-hybridized carbons (Fsp3) is 0.450. The Morgan fingerprint density at radius 2 is 1.93 bits per heavy atom. The Morgan fingerprint density at radius 3 is 2.59 bits per heavy atom. The Balaban J connectivity index is 1.62. The van der Waals surface area contributed by atoms with Crippen molar-refractivity contribution < 1.29 is 9.53 Å². The first-order valence-corrected chi connectivity index (χ1v) is 10.8. The van der Waals surface area contributed by atoms with Crippen LogP contribution in [0.15, 0.2) is 40.0 Å². The molecule has 0 bridgehead atoms. The molecule has 0 saturated carbocycles. The minimum absolute atomic E-state index is 0.00335. The second-order valence-electron chi connectivity index (χ2n) is 6.90. The first-order chi connectivity index (χ1) is 13.0. The van der Waals surface area contributed by atoms with Crippen molar-refractivity contribution in [3.8, 4) is 0 Å². The fourth-order valence-electron chi connectivity index (χ4n) is 3.36. The molecule has 0 aliphatic carbocycles. The molecule has 0 unspecified atom stereocenters. The highest BCUT2D eigenvalue weighted by Gasteiger charge is 2.35. The van der Waals surface area contributed by atoms with Gasteiger partial charge < -0.3 is 10.1 Å². The number of amides is 1. The van der Waals surface area contributed by atoms with E-state index in [1.54, 1.807) is 0 Å². The van der Waals surface area contributed by atoms with Crippen LogP contribution in [0.3, 0.4) is 0 Å². The molecule has 0 atom stereocenters. The number of carbonyl (C=O) groups is 1. The number of aryl methyl sites for hydroxylation is 2. The minimum atomic E-state index is -0.0845. The normalized spacial score (nSPS) is 16.1. The van der Waals surface area contributed by atoms with Crippen LogP contribution in [0.5, 0.6) is 0 Å². The van der Waals surface area contributed by atoms with Gasteiger partial charge in [-0.2, -0.15) is 0 Å². The van der Waals surface area contributed by atoms with Gasteiger partial charge in [0.2, 0.25) is 5.91 Å². The summed E-state index contributed by atoms with van der Waals surface area (Å²) < 4.78 is 6.62. The molecule has 27 heavy (non-hydrogen) atoms. The summed E-state index contributed by atoms with van der Waals surface area (Å²) in [5.41, 5.74) is 2.99. The summed E-state index contributed by atoms with van der Waals surface area (Å²) in [6.45, 7) is 5.92. The zero-order valence-electron chi connectivity index (χ0n) is 15.6. The molecule has 0 spiro atoms. The van der Waals surface area contributed by atoms with Crippen LogP contribution in [0.1, 0.15) is 29.8 Å². The van der Waals surface area contributed by atoms with Gasteiger partial charge in [0.25, 0.3) is 0 Å². The van der Waals surface area contributed by atoms with E-state index in [0.717, 1.165) is 28.7 Å². The van der Waals surface area contributed by atoms with Gasteiger partial charge in [0.15, 0.2) is 5.16 Å². The number of thioether (sulfide) groups is 1. The molecule has 0 radical (unpaired) electrons. The quantitative estimate of drug-likeness (QED) is 0.536. The molecule has 7 heteroatoms. The van der Waals surface area contributed by atoms with Crippen molar-refractivity contribution in [3.05, 3.63) is 51.8 Å². The van der Waals surface area contributed by atoms with E-state index in [0.29, 0.717) is 30.7 Å². The molecule has 1 aliphatic rings. The number of nitrogens with zero attached hydrogens (tertiary/aromatic N) is 2. The van der Waals surface area contributed by atoms with Gasteiger partial charge in [0.05, 0.1) is 5.75 Å². The predicted molar refractivity (Wildman–Crippen MR) is 111 cm³/mol. The van der Waals surface area contributed by atoms with E-state index in [-0.39, 0.29) is 11.3 Å². The summed E-state index contributed by atoms with van der Waals surface area (Å²) >= 11 is 4.93. The Morgan fingerprint density at radius 1 is 1.22 bits per heavy atom. The van der Waals surface area contributed by atoms with Gasteiger partial charge >= 0.3 is 0 Å². The van der Waals surface area contributed by atoms with Gasteiger partial charge in [0, 0.05) is 41.0 Å². The third-order valence-corrected chi connectivity index (χ3v) is 6.15. The van der Waals surface area contributed by atoms with Gasteiger partial charge in [0.1, 0.15) is 0 Å². The zero-order chi connectivity index (χ0) is 19.3. The van der Waals surface area contributed by atoms with E-state index in [1.807, 2.05) is 32.0 Å². The van der Waals surface area contributed by atoms with Crippen LogP contribution in [0.4, 0.5) is 0 Å². The van der Waals surface area contributed by atoms with Crippen LogP contribution < -0.4 is 5.32 Å². The number of benzene rings is 1. The lowest BCUT2D eigenvalue weighted by atomic mass is 9.74. The van der Waals surface area contributed by atoms with Crippen LogP contribution in [0, 0.1) is 13.8 Å². The molecule has 1 aromatic heterocycles. The molecule has 1 aliphatic heterocycles. The number of hydrogen-bond donors (Lipinski definition) is 1. The maximum absolute atomic E-state index is 12.4. The number of rotatable bonds is 6. The first kappa shape index (κ1) is 20.3. The standard InChI is InChI=1S/C20H24BrN3O2S/c1-14-10-15(2)24-19(23-14)27-12-18(25)22-13-20(6-8-26-9-7-20)16-4-3-5-17(21)11-16/h3-5,10-11H,6-9,12-13H2,1-2H3,(H,22,25). The summed E-state index contributed by atoms with van der Waals surface area (Å²) in [5, 5.41) is 3.77. The first-order valence-electron chi connectivity index (χ1n) is 9.02. The van der Waals surface area contributed by atoms with E-state index in [4.69, 9.17) is 4.74 Å². The van der Waals surface area contributed by atoms with Crippen molar-refractivity contribution in [1.82, 2.24) is 15.3 Å². The molecular formula is C20H24BrN3O2S. The molecule has 5 nitrogen and oxygen atoms in total. The maximum atomic E-state index is 12.4. The van der Waals surface area contributed by atoms with E-state index < -0.39 is 0 Å². The zero-order valence-corrected chi connectivity index (χ0v) is 18.0. The molecule has 144 valence electrons. The SMILES string of the molecule is Cc1cc(C)nc(SCC(=O)NCC2(c3cccc(Br)c3)CCOCC2)n1. The lowest BCUT2D eigenvalue weighted by Gasteiger charge is -2.38. The molecule has 1 saturated heterocycles. The van der Waals surface area contributed by atoms with E-state index >= 15 is 0 Å². The topological polar surface area (TPSA) is 64.1 Å². The smallest absolute Gasteiger partial charge is 0.230 e. The third-order valence-electron chi connectivity index (χ3n) is 4.80. The maximum Gasteiger partial charge on any atom is 0.230 e. The summed E-state index contributed by atoms with van der Waals surface area (Å²) in [6, 6.07) is 10.3. The largest absolute Gasteiger partial charge is 0.381 e. The van der Waals surface area contributed by atoms with Crippen LogP contribution in [-0.2, 0) is 14.9 Å². The number of carbonyl (C=O) groups excluding carboxylic acids is 1. The number of nitrogens with one attached hydrogen (secondary N) is 1. The fourth-order valence-corrected chi connectivity index (χ4v) is 4.53. The highest BCUT2D eigenvalue weighted by atomic mass is 79.9. The van der Waals surface area contributed by atoms with E-state index in [1.165, 1.54) is 17.3 Å². The molecule has 1 fully saturated rings. The van der Waals surface area contributed by atoms with Gasteiger partial charge in [-0.1, -0.05) is 39.8 Å². The van der Waals surface area contributed by atoms with Gasteiger partial charge in [-0.05, 0) is 50.5 Å². The van der Waals surface area contributed by atoms with Crippen LogP contribution in [-0.4, -0.2) is 41.4 Å². The summed E-state index contributed by atoms with van der Waals surface area (Å²) in [5.74, 6) is 0.317. The van der Waals surface area contributed by atoms with Gasteiger partial charge in [-0.25, -0.2) is 9.97 Å². The third kappa shape index (κ3) is 5.53.